The lowest BCUT2D eigenvalue weighted by Crippen LogP contribution is -2.41. The molecule has 1 N–H and O–H groups in total. The first-order valence-electron chi connectivity index (χ1n) is 6.62. The smallest absolute Gasteiger partial charge is 0.00988 e. The molecule has 0 aromatic carbocycles. The average Bonchev–Trinajstić information content (AvgIpc) is 2.59. The van der Waals surface area contributed by atoms with Crippen molar-refractivity contribution in [2.45, 2.75) is 71.0 Å². The highest BCUT2D eigenvalue weighted by molar-refractivity contribution is 4.87. The first kappa shape index (κ1) is 13.0. The summed E-state index contributed by atoms with van der Waals surface area (Å²) in [6.45, 7) is 8.28. The summed E-state index contributed by atoms with van der Waals surface area (Å²) in [7, 11) is 2.04. The molecule has 2 heteroatoms. The number of nitrogens with one attached hydrogen (secondary N) is 1. The van der Waals surface area contributed by atoms with Gasteiger partial charge in [-0.15, -0.1) is 0 Å². The van der Waals surface area contributed by atoms with Gasteiger partial charge in [-0.25, -0.2) is 0 Å². The molecular formula is C13H28N2. The van der Waals surface area contributed by atoms with Crippen LogP contribution in [0.1, 0.15) is 52.9 Å². The van der Waals surface area contributed by atoms with Crippen molar-refractivity contribution in [1.29, 1.82) is 0 Å². The Labute approximate surface area is 95.4 Å². The minimum Gasteiger partial charge on any atom is -0.320 e. The first-order valence-corrected chi connectivity index (χ1v) is 6.62. The summed E-state index contributed by atoms with van der Waals surface area (Å²) in [4.78, 5) is 2.76. The number of hydrogen-bond acceptors (Lipinski definition) is 2. The summed E-state index contributed by atoms with van der Waals surface area (Å²) in [5, 5.41) is 3.23. The van der Waals surface area contributed by atoms with E-state index in [2.05, 4.69) is 31.0 Å². The van der Waals surface area contributed by atoms with E-state index in [1.165, 1.54) is 32.1 Å². The maximum atomic E-state index is 3.23. The normalized spacial score (nSPS) is 29.6. The van der Waals surface area contributed by atoms with Gasteiger partial charge in [0.15, 0.2) is 0 Å². The third-order valence-corrected chi connectivity index (χ3v) is 3.88. The maximum Gasteiger partial charge on any atom is 0.00988 e. The summed E-state index contributed by atoms with van der Waals surface area (Å²) in [6.07, 6.45) is 6.77. The third kappa shape index (κ3) is 3.46. The number of hydrogen-bond donors (Lipinski definition) is 1. The van der Waals surface area contributed by atoms with Crippen molar-refractivity contribution in [3.05, 3.63) is 0 Å². The van der Waals surface area contributed by atoms with Crippen molar-refractivity contribution in [3.8, 4) is 0 Å². The van der Waals surface area contributed by atoms with E-state index >= 15 is 0 Å². The molecule has 0 aromatic heterocycles. The molecule has 1 heterocycles. The van der Waals surface area contributed by atoms with Gasteiger partial charge >= 0.3 is 0 Å². The number of nitrogens with zero attached hydrogens (tertiary/aromatic N) is 1. The lowest BCUT2D eigenvalue weighted by molar-refractivity contribution is 0.135. The van der Waals surface area contributed by atoms with E-state index in [4.69, 9.17) is 0 Å². The highest BCUT2D eigenvalue weighted by Crippen LogP contribution is 2.29. The maximum absolute atomic E-state index is 3.23. The molecule has 0 radical (unpaired) electrons. The molecule has 90 valence electrons. The van der Waals surface area contributed by atoms with Crippen LogP contribution >= 0.6 is 0 Å². The topological polar surface area (TPSA) is 15.3 Å². The second-order valence-electron chi connectivity index (χ2n) is 5.03. The van der Waals surface area contributed by atoms with Crippen molar-refractivity contribution < 1.29 is 0 Å². The molecule has 2 nitrogen and oxygen atoms in total. The lowest BCUT2D eigenvalue weighted by Gasteiger charge is -2.34. The summed E-state index contributed by atoms with van der Waals surface area (Å²) in [5.41, 5.74) is 0. The second-order valence-corrected chi connectivity index (χ2v) is 5.03. The molecule has 1 fully saturated rings. The van der Waals surface area contributed by atoms with Crippen LogP contribution in [-0.2, 0) is 0 Å². The fourth-order valence-corrected chi connectivity index (χ4v) is 3.02. The molecule has 0 aliphatic carbocycles. The Morgan fingerprint density at radius 1 is 1.40 bits per heavy atom. The van der Waals surface area contributed by atoms with E-state index < -0.39 is 0 Å². The molecule has 3 atom stereocenters. The number of likely N-dealkylation sites (tertiary alicyclic amines) is 1. The second kappa shape index (κ2) is 6.49. The zero-order chi connectivity index (χ0) is 11.3. The fraction of sp³-hybridized carbons (Fsp3) is 1.00. The monoisotopic (exact) mass is 212 g/mol. The van der Waals surface area contributed by atoms with Gasteiger partial charge in [-0.05, 0) is 59.5 Å². The molecule has 0 saturated carbocycles. The highest BCUT2D eigenvalue weighted by Gasteiger charge is 2.32. The van der Waals surface area contributed by atoms with Crippen LogP contribution in [0.5, 0.6) is 0 Å². The average molecular weight is 212 g/mol. The molecule has 1 saturated heterocycles. The predicted octanol–water partition coefficient (Wildman–Crippen LogP) is 2.64. The first-order chi connectivity index (χ1) is 7.20. The van der Waals surface area contributed by atoms with Gasteiger partial charge in [0.2, 0.25) is 0 Å². The van der Waals surface area contributed by atoms with Crippen LogP contribution in [0.25, 0.3) is 0 Å². The highest BCUT2D eigenvalue weighted by atomic mass is 15.2. The predicted molar refractivity (Wildman–Crippen MR) is 67.2 cm³/mol. The summed E-state index contributed by atoms with van der Waals surface area (Å²) in [6, 6.07) is 2.42. The van der Waals surface area contributed by atoms with Crippen LogP contribution in [0.4, 0.5) is 0 Å². The van der Waals surface area contributed by atoms with Gasteiger partial charge in [0.05, 0.1) is 0 Å². The van der Waals surface area contributed by atoms with Gasteiger partial charge in [0, 0.05) is 18.1 Å². The van der Waals surface area contributed by atoms with Gasteiger partial charge in [0.1, 0.15) is 0 Å². The minimum absolute atomic E-state index is 0.765. The van der Waals surface area contributed by atoms with Crippen LogP contribution < -0.4 is 5.32 Å². The molecule has 1 aliphatic rings. The zero-order valence-electron chi connectivity index (χ0n) is 10.9. The van der Waals surface area contributed by atoms with Gasteiger partial charge in [-0.1, -0.05) is 6.92 Å². The van der Waals surface area contributed by atoms with E-state index in [0.29, 0.717) is 0 Å². The van der Waals surface area contributed by atoms with Crippen LogP contribution in [0.15, 0.2) is 0 Å². The lowest BCUT2D eigenvalue weighted by atomic mass is 10.1. The van der Waals surface area contributed by atoms with Crippen LogP contribution in [0.3, 0.4) is 0 Å². The Morgan fingerprint density at radius 2 is 2.13 bits per heavy atom. The molecule has 0 spiro atoms. The van der Waals surface area contributed by atoms with Crippen molar-refractivity contribution >= 4 is 0 Å². The summed E-state index contributed by atoms with van der Waals surface area (Å²) in [5.74, 6) is 0. The quantitative estimate of drug-likeness (QED) is 0.681. The van der Waals surface area contributed by atoms with Crippen LogP contribution in [-0.4, -0.2) is 36.6 Å². The standard InChI is InChI=1S/C13H28N2/c1-5-13-9-8-12(3)15(13)11(2)7-6-10-14-4/h11-14H,5-10H2,1-4H3. The van der Waals surface area contributed by atoms with Crippen LogP contribution in [0.2, 0.25) is 0 Å². The van der Waals surface area contributed by atoms with E-state index in [1.54, 1.807) is 0 Å². The minimum atomic E-state index is 0.765. The Kier molecular flexibility index (Phi) is 5.62. The van der Waals surface area contributed by atoms with E-state index in [1.807, 2.05) is 7.05 Å². The van der Waals surface area contributed by atoms with Gasteiger partial charge in [0.25, 0.3) is 0 Å². The van der Waals surface area contributed by atoms with Gasteiger partial charge < -0.3 is 5.32 Å². The zero-order valence-corrected chi connectivity index (χ0v) is 10.9. The van der Waals surface area contributed by atoms with E-state index in [0.717, 1.165) is 24.7 Å². The van der Waals surface area contributed by atoms with Crippen molar-refractivity contribution in [2.24, 2.45) is 0 Å². The molecule has 15 heavy (non-hydrogen) atoms. The van der Waals surface area contributed by atoms with Gasteiger partial charge in [-0.3, -0.25) is 4.90 Å². The Bertz CT molecular complexity index is 170. The molecular weight excluding hydrogens is 184 g/mol. The van der Waals surface area contributed by atoms with E-state index in [-0.39, 0.29) is 0 Å². The summed E-state index contributed by atoms with van der Waals surface area (Å²) >= 11 is 0. The van der Waals surface area contributed by atoms with Gasteiger partial charge in [-0.2, -0.15) is 0 Å². The summed E-state index contributed by atoms with van der Waals surface area (Å²) < 4.78 is 0. The number of rotatable bonds is 6. The van der Waals surface area contributed by atoms with E-state index in [9.17, 15) is 0 Å². The Morgan fingerprint density at radius 3 is 2.73 bits per heavy atom. The largest absolute Gasteiger partial charge is 0.320 e. The Balaban J connectivity index is 2.38. The molecule has 0 amide bonds. The third-order valence-electron chi connectivity index (χ3n) is 3.88. The molecule has 3 unspecified atom stereocenters. The van der Waals surface area contributed by atoms with Crippen molar-refractivity contribution in [1.82, 2.24) is 10.2 Å². The SMILES string of the molecule is CCC1CCC(C)N1C(C)CCCNC. The Hall–Kier alpha value is -0.0800. The van der Waals surface area contributed by atoms with Crippen molar-refractivity contribution in [2.75, 3.05) is 13.6 Å². The fourth-order valence-electron chi connectivity index (χ4n) is 3.02. The molecule has 0 aromatic rings. The molecule has 1 aliphatic heterocycles. The van der Waals surface area contributed by atoms with Crippen LogP contribution in [0, 0.1) is 0 Å². The van der Waals surface area contributed by atoms with Crippen molar-refractivity contribution in [3.63, 3.8) is 0 Å². The molecule has 0 bridgehead atoms. The molecule has 1 rings (SSSR count).